The zero-order valence-electron chi connectivity index (χ0n) is 15.2. The summed E-state index contributed by atoms with van der Waals surface area (Å²) in [5.41, 5.74) is 0. The second kappa shape index (κ2) is 22.0. The summed E-state index contributed by atoms with van der Waals surface area (Å²) in [6, 6.07) is 0. The summed E-state index contributed by atoms with van der Waals surface area (Å²) in [5, 5.41) is 8.66. The Morgan fingerprint density at radius 3 is 1.50 bits per heavy atom. The van der Waals surface area contributed by atoms with Crippen molar-refractivity contribution in [2.45, 2.75) is 96.8 Å². The monoisotopic (exact) mass is 292 g/mol. The number of aliphatic hydroxyl groups is 1. The third kappa shape index (κ3) is 21.0. The number of hydrogen-bond donors (Lipinski definition) is 1. The van der Waals surface area contributed by atoms with Crippen molar-refractivity contribution in [3.63, 3.8) is 0 Å². The van der Waals surface area contributed by atoms with Crippen LogP contribution in [0.4, 0.5) is 0 Å². The van der Waals surface area contributed by atoms with Crippen molar-refractivity contribution in [3.05, 3.63) is 12.2 Å². The van der Waals surface area contributed by atoms with Gasteiger partial charge in [-0.2, -0.15) is 0 Å². The van der Waals surface area contributed by atoms with E-state index in [2.05, 4.69) is 19.1 Å². The largest absolute Gasteiger partial charge is 1.00 e. The molecule has 0 aromatic carbocycles. The van der Waals surface area contributed by atoms with Crippen molar-refractivity contribution in [1.29, 1.82) is 0 Å². The van der Waals surface area contributed by atoms with E-state index in [1.807, 2.05) is 0 Å². The van der Waals surface area contributed by atoms with Crippen molar-refractivity contribution in [1.82, 2.24) is 0 Å². The quantitative estimate of drug-likeness (QED) is 0.279. The standard InChI is InChI=1S/C18H36O.Na.H/c1-2-3-4-5-6-7-8-9-10-11-12-13-14-15-16-17-18-19;;/h9-10,19H,2-8,11-18H2,1H3;;/q;+1;-1/b10-9-;;. The summed E-state index contributed by atoms with van der Waals surface area (Å²) in [4.78, 5) is 0. The number of hydrogen-bond acceptors (Lipinski definition) is 1. The molecule has 1 nitrogen and oxygen atoms in total. The van der Waals surface area contributed by atoms with Gasteiger partial charge in [0, 0.05) is 6.61 Å². The molecule has 0 rings (SSSR count). The number of rotatable bonds is 15. The topological polar surface area (TPSA) is 20.2 Å². The number of aliphatic hydroxyl groups excluding tert-OH is 1. The van der Waals surface area contributed by atoms with E-state index >= 15 is 0 Å². The van der Waals surface area contributed by atoms with Crippen LogP contribution in [0.2, 0.25) is 0 Å². The van der Waals surface area contributed by atoms with Crippen molar-refractivity contribution < 1.29 is 36.1 Å². The van der Waals surface area contributed by atoms with E-state index in [1.165, 1.54) is 83.5 Å². The molecule has 0 aromatic heterocycles. The Kier molecular flexibility index (Phi) is 25.3. The minimum Gasteiger partial charge on any atom is -1.00 e. The van der Waals surface area contributed by atoms with Crippen molar-refractivity contribution in [2.24, 2.45) is 0 Å². The van der Waals surface area contributed by atoms with Crippen LogP contribution in [0, 0.1) is 0 Å². The Morgan fingerprint density at radius 2 is 1.05 bits per heavy atom. The van der Waals surface area contributed by atoms with Crippen molar-refractivity contribution >= 4 is 0 Å². The van der Waals surface area contributed by atoms with Gasteiger partial charge in [-0.3, -0.25) is 0 Å². The normalized spacial score (nSPS) is 10.9. The molecule has 0 amide bonds. The van der Waals surface area contributed by atoms with Crippen molar-refractivity contribution in [3.8, 4) is 0 Å². The van der Waals surface area contributed by atoms with Gasteiger partial charge >= 0.3 is 29.6 Å². The molecule has 0 aliphatic heterocycles. The Morgan fingerprint density at radius 1 is 0.650 bits per heavy atom. The molecule has 0 atom stereocenters. The molecule has 0 radical (unpaired) electrons. The molecule has 0 aromatic rings. The minimum absolute atomic E-state index is 0. The molecule has 116 valence electrons. The van der Waals surface area contributed by atoms with E-state index in [1.54, 1.807) is 0 Å². The van der Waals surface area contributed by atoms with Crippen LogP contribution in [0.3, 0.4) is 0 Å². The molecular weight excluding hydrogens is 255 g/mol. The summed E-state index contributed by atoms with van der Waals surface area (Å²) in [5.74, 6) is 0. The molecule has 0 aliphatic carbocycles. The van der Waals surface area contributed by atoms with Gasteiger partial charge in [-0.25, -0.2) is 0 Å². The van der Waals surface area contributed by atoms with Crippen LogP contribution in [-0.4, -0.2) is 11.7 Å². The van der Waals surface area contributed by atoms with Gasteiger partial charge in [0.2, 0.25) is 0 Å². The Labute approximate surface area is 151 Å². The van der Waals surface area contributed by atoms with E-state index in [-0.39, 0.29) is 31.0 Å². The third-order valence-corrected chi connectivity index (χ3v) is 3.67. The first kappa shape index (κ1) is 23.0. The average Bonchev–Trinajstić information content (AvgIpc) is 2.43. The van der Waals surface area contributed by atoms with Gasteiger partial charge in [0.25, 0.3) is 0 Å². The average molecular weight is 292 g/mol. The van der Waals surface area contributed by atoms with Crippen LogP contribution in [0.15, 0.2) is 12.2 Å². The second-order valence-corrected chi connectivity index (χ2v) is 5.66. The smallest absolute Gasteiger partial charge is 1.00 e. The van der Waals surface area contributed by atoms with Crippen molar-refractivity contribution in [2.75, 3.05) is 6.61 Å². The van der Waals surface area contributed by atoms with Crippen LogP contribution >= 0.6 is 0 Å². The van der Waals surface area contributed by atoms with Gasteiger partial charge in [-0.1, -0.05) is 76.9 Å². The fraction of sp³-hybridized carbons (Fsp3) is 0.889. The molecule has 0 fully saturated rings. The minimum atomic E-state index is 0. The fourth-order valence-electron chi connectivity index (χ4n) is 2.36. The first-order chi connectivity index (χ1) is 9.41. The van der Waals surface area contributed by atoms with Gasteiger partial charge < -0.3 is 6.53 Å². The zero-order valence-corrected chi connectivity index (χ0v) is 16.2. The van der Waals surface area contributed by atoms with Crippen LogP contribution in [0.1, 0.15) is 98.2 Å². The van der Waals surface area contributed by atoms with Crippen LogP contribution in [0.5, 0.6) is 0 Å². The zero-order chi connectivity index (χ0) is 14.0. The molecule has 0 saturated heterocycles. The molecule has 2 heteroatoms. The summed E-state index contributed by atoms with van der Waals surface area (Å²) >= 11 is 0. The molecule has 0 heterocycles. The Balaban J connectivity index is -0.00000162. The predicted octanol–water partition coefficient (Wildman–Crippen LogP) is 3.13. The maximum Gasteiger partial charge on any atom is 1.00 e. The van der Waals surface area contributed by atoms with Gasteiger partial charge in [0.15, 0.2) is 0 Å². The van der Waals surface area contributed by atoms with Crippen LogP contribution in [-0.2, 0) is 0 Å². The molecule has 0 aliphatic rings. The van der Waals surface area contributed by atoms with E-state index in [0.717, 1.165) is 6.42 Å². The molecule has 0 bridgehead atoms. The maximum atomic E-state index is 8.66. The molecule has 0 unspecified atom stereocenters. The summed E-state index contributed by atoms with van der Waals surface area (Å²) < 4.78 is 0. The molecule has 0 spiro atoms. The number of unbranched alkanes of at least 4 members (excludes halogenated alkanes) is 12. The van der Waals surface area contributed by atoms with E-state index in [9.17, 15) is 0 Å². The van der Waals surface area contributed by atoms with E-state index in [0.29, 0.717) is 6.61 Å². The molecular formula is C18H37NaO. The van der Waals surface area contributed by atoms with Crippen LogP contribution in [0.25, 0.3) is 0 Å². The number of allylic oxidation sites excluding steroid dienone is 2. The fourth-order valence-corrected chi connectivity index (χ4v) is 2.36. The van der Waals surface area contributed by atoms with Gasteiger partial charge in [0.1, 0.15) is 0 Å². The van der Waals surface area contributed by atoms with E-state index in [4.69, 9.17) is 5.11 Å². The van der Waals surface area contributed by atoms with Gasteiger partial charge in [-0.05, 0) is 32.1 Å². The molecule has 20 heavy (non-hydrogen) atoms. The SMILES string of the molecule is CCCCCCCC/C=C\CCCCCCCCO.[H-].[Na+]. The van der Waals surface area contributed by atoms with E-state index < -0.39 is 0 Å². The van der Waals surface area contributed by atoms with Crippen LogP contribution < -0.4 is 29.6 Å². The third-order valence-electron chi connectivity index (χ3n) is 3.67. The first-order valence-electron chi connectivity index (χ1n) is 8.67. The maximum absolute atomic E-state index is 8.66. The predicted molar refractivity (Wildman–Crippen MR) is 87.6 cm³/mol. The molecule has 0 saturated carbocycles. The summed E-state index contributed by atoms with van der Waals surface area (Å²) in [6.07, 6.45) is 23.2. The summed E-state index contributed by atoms with van der Waals surface area (Å²) in [7, 11) is 0. The summed E-state index contributed by atoms with van der Waals surface area (Å²) in [6.45, 7) is 2.64. The van der Waals surface area contributed by atoms with Gasteiger partial charge in [0.05, 0.1) is 0 Å². The Bertz CT molecular complexity index is 186. The van der Waals surface area contributed by atoms with Gasteiger partial charge in [-0.15, -0.1) is 0 Å². The Hall–Kier alpha value is 0.700. The second-order valence-electron chi connectivity index (χ2n) is 5.66. The first-order valence-corrected chi connectivity index (χ1v) is 8.67. The molecule has 1 N–H and O–H groups in total.